The third kappa shape index (κ3) is 5.51. The van der Waals surface area contributed by atoms with Crippen LogP contribution >= 0.6 is 0 Å². The molecule has 1 aliphatic rings. The van der Waals surface area contributed by atoms with Crippen molar-refractivity contribution in [1.82, 2.24) is 5.32 Å². The number of hydrogen-bond acceptors (Lipinski definition) is 2. The van der Waals surface area contributed by atoms with Crippen molar-refractivity contribution in [2.75, 3.05) is 13.1 Å². The monoisotopic (exact) mass is 222 g/mol. The molecular weight excluding hydrogens is 196 g/mol. The summed E-state index contributed by atoms with van der Waals surface area (Å²) in [6.07, 6.45) is 11.4. The Morgan fingerprint density at radius 1 is 1.12 bits per heavy atom. The van der Waals surface area contributed by atoms with E-state index in [-0.39, 0.29) is 0 Å². The SMILES string of the molecule is CCCCCCCCNCC1(CC#N)CC1. The summed E-state index contributed by atoms with van der Waals surface area (Å²) in [6.45, 7) is 4.46. The number of nitrogens with zero attached hydrogens (tertiary/aromatic N) is 1. The van der Waals surface area contributed by atoms with Crippen molar-refractivity contribution < 1.29 is 0 Å². The van der Waals surface area contributed by atoms with E-state index in [1.165, 1.54) is 51.4 Å². The van der Waals surface area contributed by atoms with Crippen molar-refractivity contribution in [3.8, 4) is 6.07 Å². The van der Waals surface area contributed by atoms with Crippen molar-refractivity contribution in [2.45, 2.75) is 64.7 Å². The number of hydrogen-bond donors (Lipinski definition) is 1. The minimum absolute atomic E-state index is 0.372. The first kappa shape index (κ1) is 13.5. The molecule has 0 aromatic heterocycles. The summed E-state index contributed by atoms with van der Waals surface area (Å²) in [5.74, 6) is 0. The van der Waals surface area contributed by atoms with Crippen LogP contribution in [0, 0.1) is 16.7 Å². The van der Waals surface area contributed by atoms with Gasteiger partial charge in [-0.2, -0.15) is 5.26 Å². The maximum absolute atomic E-state index is 8.69. The van der Waals surface area contributed by atoms with Crippen molar-refractivity contribution in [3.63, 3.8) is 0 Å². The molecule has 0 amide bonds. The standard InChI is InChI=1S/C14H26N2/c1-2-3-4-5-6-7-12-16-13-14(8-9-14)10-11-15/h16H,2-10,12-13H2,1H3. The zero-order valence-corrected chi connectivity index (χ0v) is 10.7. The summed E-state index contributed by atoms with van der Waals surface area (Å²) in [6, 6.07) is 2.31. The molecule has 1 N–H and O–H groups in total. The fraction of sp³-hybridized carbons (Fsp3) is 0.929. The van der Waals surface area contributed by atoms with E-state index < -0.39 is 0 Å². The lowest BCUT2D eigenvalue weighted by molar-refractivity contribution is 0.457. The molecule has 0 spiro atoms. The second-order valence-electron chi connectivity index (χ2n) is 5.28. The summed E-state index contributed by atoms with van der Waals surface area (Å²) < 4.78 is 0. The van der Waals surface area contributed by atoms with Crippen LogP contribution in [0.15, 0.2) is 0 Å². The van der Waals surface area contributed by atoms with Gasteiger partial charge in [0.2, 0.25) is 0 Å². The Morgan fingerprint density at radius 3 is 2.44 bits per heavy atom. The molecule has 2 heteroatoms. The lowest BCUT2D eigenvalue weighted by Crippen LogP contribution is -2.24. The van der Waals surface area contributed by atoms with Crippen molar-refractivity contribution >= 4 is 0 Å². The van der Waals surface area contributed by atoms with E-state index in [1.54, 1.807) is 0 Å². The smallest absolute Gasteiger partial charge is 0.0628 e. The van der Waals surface area contributed by atoms with E-state index in [0.717, 1.165) is 19.5 Å². The maximum Gasteiger partial charge on any atom is 0.0628 e. The highest BCUT2D eigenvalue weighted by atomic mass is 14.9. The van der Waals surface area contributed by atoms with Gasteiger partial charge in [-0.05, 0) is 31.2 Å². The Labute approximate surface area is 100 Å². The van der Waals surface area contributed by atoms with Gasteiger partial charge in [0, 0.05) is 13.0 Å². The Balaban J connectivity index is 1.83. The molecule has 0 aromatic carbocycles. The first-order chi connectivity index (χ1) is 7.83. The van der Waals surface area contributed by atoms with Crippen molar-refractivity contribution in [1.29, 1.82) is 5.26 Å². The van der Waals surface area contributed by atoms with Crippen LogP contribution < -0.4 is 5.32 Å². The van der Waals surface area contributed by atoms with Crippen LogP contribution in [0.5, 0.6) is 0 Å². The molecular formula is C14H26N2. The number of rotatable bonds is 10. The van der Waals surface area contributed by atoms with E-state index in [2.05, 4.69) is 18.3 Å². The normalized spacial score (nSPS) is 17.0. The third-order valence-corrected chi connectivity index (χ3v) is 3.62. The van der Waals surface area contributed by atoms with Gasteiger partial charge in [-0.15, -0.1) is 0 Å². The zero-order valence-electron chi connectivity index (χ0n) is 10.7. The molecule has 0 radical (unpaired) electrons. The van der Waals surface area contributed by atoms with Gasteiger partial charge in [0.25, 0.3) is 0 Å². The predicted octanol–water partition coefficient (Wildman–Crippen LogP) is 3.63. The summed E-state index contributed by atoms with van der Waals surface area (Å²) in [5, 5.41) is 12.2. The molecule has 1 aliphatic carbocycles. The Morgan fingerprint density at radius 2 is 1.81 bits per heavy atom. The number of nitrogens with one attached hydrogen (secondary N) is 1. The first-order valence-electron chi connectivity index (χ1n) is 6.91. The number of nitriles is 1. The van der Waals surface area contributed by atoms with E-state index in [4.69, 9.17) is 5.26 Å². The van der Waals surface area contributed by atoms with Crippen LogP contribution in [-0.2, 0) is 0 Å². The first-order valence-corrected chi connectivity index (χ1v) is 6.91. The summed E-state index contributed by atoms with van der Waals surface area (Å²) >= 11 is 0. The average Bonchev–Trinajstić information content (AvgIpc) is 3.03. The van der Waals surface area contributed by atoms with E-state index in [0.29, 0.717) is 5.41 Å². The fourth-order valence-electron chi connectivity index (χ4n) is 2.14. The van der Waals surface area contributed by atoms with E-state index in [1.807, 2.05) is 0 Å². The predicted molar refractivity (Wildman–Crippen MR) is 68.1 cm³/mol. The molecule has 2 nitrogen and oxygen atoms in total. The second-order valence-corrected chi connectivity index (χ2v) is 5.28. The molecule has 1 saturated carbocycles. The molecule has 0 bridgehead atoms. The quantitative estimate of drug-likeness (QED) is 0.573. The molecule has 1 rings (SSSR count). The van der Waals surface area contributed by atoms with E-state index >= 15 is 0 Å². The van der Waals surface area contributed by atoms with Crippen molar-refractivity contribution in [2.24, 2.45) is 5.41 Å². The van der Waals surface area contributed by atoms with Gasteiger partial charge in [0.05, 0.1) is 6.07 Å². The van der Waals surface area contributed by atoms with Gasteiger partial charge < -0.3 is 5.32 Å². The molecule has 0 saturated heterocycles. The third-order valence-electron chi connectivity index (χ3n) is 3.62. The largest absolute Gasteiger partial charge is 0.316 e. The molecule has 0 aliphatic heterocycles. The van der Waals surface area contributed by atoms with Crippen LogP contribution in [0.4, 0.5) is 0 Å². The van der Waals surface area contributed by atoms with Crippen LogP contribution in [-0.4, -0.2) is 13.1 Å². The van der Waals surface area contributed by atoms with Gasteiger partial charge in [-0.25, -0.2) is 0 Å². The van der Waals surface area contributed by atoms with Crippen LogP contribution in [0.3, 0.4) is 0 Å². The maximum atomic E-state index is 8.69. The minimum atomic E-state index is 0.372. The molecule has 0 aromatic rings. The summed E-state index contributed by atoms with van der Waals surface area (Å²) in [4.78, 5) is 0. The Kier molecular flexibility index (Phi) is 6.49. The molecule has 1 fully saturated rings. The summed E-state index contributed by atoms with van der Waals surface area (Å²) in [5.41, 5.74) is 0.372. The second kappa shape index (κ2) is 7.68. The number of unbranched alkanes of at least 4 members (excludes halogenated alkanes) is 5. The highest BCUT2D eigenvalue weighted by Crippen LogP contribution is 2.47. The Hall–Kier alpha value is -0.550. The van der Waals surface area contributed by atoms with E-state index in [9.17, 15) is 0 Å². The molecule has 0 unspecified atom stereocenters. The van der Waals surface area contributed by atoms with Gasteiger partial charge >= 0.3 is 0 Å². The lowest BCUT2D eigenvalue weighted by atomic mass is 10.0. The van der Waals surface area contributed by atoms with Crippen LogP contribution in [0.1, 0.15) is 64.7 Å². The van der Waals surface area contributed by atoms with Crippen LogP contribution in [0.2, 0.25) is 0 Å². The average molecular weight is 222 g/mol. The zero-order chi connectivity index (χ0) is 11.7. The minimum Gasteiger partial charge on any atom is -0.316 e. The summed E-state index contributed by atoms with van der Waals surface area (Å²) in [7, 11) is 0. The fourth-order valence-corrected chi connectivity index (χ4v) is 2.14. The highest BCUT2D eigenvalue weighted by molar-refractivity contribution is 5.00. The van der Waals surface area contributed by atoms with Gasteiger partial charge in [-0.3, -0.25) is 0 Å². The van der Waals surface area contributed by atoms with Gasteiger partial charge in [0.1, 0.15) is 0 Å². The van der Waals surface area contributed by atoms with Crippen molar-refractivity contribution in [3.05, 3.63) is 0 Å². The molecule has 0 heterocycles. The Bertz CT molecular complexity index is 213. The molecule has 92 valence electrons. The lowest BCUT2D eigenvalue weighted by Gasteiger charge is -2.11. The van der Waals surface area contributed by atoms with Crippen LogP contribution in [0.25, 0.3) is 0 Å². The molecule has 16 heavy (non-hydrogen) atoms. The molecule has 0 atom stereocenters. The van der Waals surface area contributed by atoms with Gasteiger partial charge in [0.15, 0.2) is 0 Å². The highest BCUT2D eigenvalue weighted by Gasteiger charge is 2.41. The van der Waals surface area contributed by atoms with Gasteiger partial charge in [-0.1, -0.05) is 39.0 Å². The topological polar surface area (TPSA) is 35.8 Å².